The van der Waals surface area contributed by atoms with Crippen molar-refractivity contribution in [3.05, 3.63) is 113 Å². The SMILES string of the molecule is CCC(C)C(=O)OCCCCOc1ccc(C(=O)Oc2ccc(OC(=O)c3ccc(COc4ccc(B(O)O)cc4)cc3)c(C)c2C)cc1. The lowest BCUT2D eigenvalue weighted by Gasteiger charge is -2.14. The molecule has 0 aliphatic heterocycles. The minimum atomic E-state index is -1.54. The molecular weight excluding hydrogens is 627 g/mol. The summed E-state index contributed by atoms with van der Waals surface area (Å²) in [6.45, 7) is 8.44. The molecule has 0 fully saturated rings. The summed E-state index contributed by atoms with van der Waals surface area (Å²) < 4.78 is 28.0. The Morgan fingerprint density at radius 3 is 1.69 bits per heavy atom. The fraction of sp³-hybridized carbons (Fsp3) is 0.289. The fourth-order valence-corrected chi connectivity index (χ4v) is 4.51. The Morgan fingerprint density at radius 1 is 0.673 bits per heavy atom. The van der Waals surface area contributed by atoms with E-state index in [1.165, 1.54) is 0 Å². The van der Waals surface area contributed by atoms with Crippen LogP contribution in [0.15, 0.2) is 84.9 Å². The zero-order valence-corrected chi connectivity index (χ0v) is 28.1. The van der Waals surface area contributed by atoms with E-state index in [1.807, 2.05) is 13.8 Å². The molecule has 4 aromatic rings. The third-order valence-electron chi connectivity index (χ3n) is 8.02. The average Bonchev–Trinajstić information content (AvgIpc) is 3.12. The number of carbonyl (C=O) groups is 3. The van der Waals surface area contributed by atoms with Gasteiger partial charge in [-0.15, -0.1) is 0 Å². The maximum absolute atomic E-state index is 12.9. The largest absolute Gasteiger partial charge is 0.494 e. The van der Waals surface area contributed by atoms with Gasteiger partial charge in [0, 0.05) is 0 Å². The second-order valence-corrected chi connectivity index (χ2v) is 11.6. The maximum atomic E-state index is 12.9. The molecule has 0 aliphatic carbocycles. The van der Waals surface area contributed by atoms with Crippen LogP contribution >= 0.6 is 0 Å². The molecule has 0 aliphatic rings. The number of hydrogen-bond acceptors (Lipinski definition) is 10. The van der Waals surface area contributed by atoms with Crippen molar-refractivity contribution in [3.8, 4) is 23.0 Å². The van der Waals surface area contributed by atoms with Crippen LogP contribution in [0.2, 0.25) is 0 Å². The lowest BCUT2D eigenvalue weighted by molar-refractivity contribution is -0.148. The molecule has 0 saturated heterocycles. The number of esters is 3. The third-order valence-corrected chi connectivity index (χ3v) is 8.02. The zero-order valence-electron chi connectivity index (χ0n) is 28.1. The predicted octanol–water partition coefficient (Wildman–Crippen LogP) is 5.75. The van der Waals surface area contributed by atoms with E-state index in [4.69, 9.17) is 23.7 Å². The monoisotopic (exact) mass is 668 g/mol. The average molecular weight is 669 g/mol. The summed E-state index contributed by atoms with van der Waals surface area (Å²) in [4.78, 5) is 37.5. The first kappa shape index (κ1) is 36.7. The summed E-state index contributed by atoms with van der Waals surface area (Å²) in [5.74, 6) is 0.539. The normalized spacial score (nSPS) is 11.3. The summed E-state index contributed by atoms with van der Waals surface area (Å²) in [6, 6.07) is 23.1. The van der Waals surface area contributed by atoms with Gasteiger partial charge in [0.1, 0.15) is 29.6 Å². The second kappa shape index (κ2) is 17.9. The van der Waals surface area contributed by atoms with Crippen LogP contribution in [0.4, 0.5) is 0 Å². The maximum Gasteiger partial charge on any atom is 0.488 e. The van der Waals surface area contributed by atoms with Crippen molar-refractivity contribution >= 4 is 30.5 Å². The molecule has 1 unspecified atom stereocenters. The zero-order chi connectivity index (χ0) is 35.3. The molecule has 0 spiro atoms. The van der Waals surface area contributed by atoms with Gasteiger partial charge >= 0.3 is 25.0 Å². The molecule has 256 valence electrons. The Bertz CT molecular complexity index is 1700. The number of benzene rings is 4. The number of ether oxygens (including phenoxy) is 5. The van der Waals surface area contributed by atoms with Crippen LogP contribution in [-0.4, -0.2) is 48.3 Å². The van der Waals surface area contributed by atoms with E-state index >= 15 is 0 Å². The van der Waals surface area contributed by atoms with Gasteiger partial charge in [-0.25, -0.2) is 9.59 Å². The van der Waals surface area contributed by atoms with E-state index in [0.717, 1.165) is 18.4 Å². The Kier molecular flexibility index (Phi) is 13.4. The molecule has 0 radical (unpaired) electrons. The van der Waals surface area contributed by atoms with Crippen LogP contribution in [0.5, 0.6) is 23.0 Å². The number of rotatable bonds is 16. The Morgan fingerprint density at radius 2 is 1.16 bits per heavy atom. The van der Waals surface area contributed by atoms with Crippen LogP contribution in [0.3, 0.4) is 0 Å². The summed E-state index contributed by atoms with van der Waals surface area (Å²) in [6.07, 6.45) is 2.18. The molecule has 2 N–H and O–H groups in total. The van der Waals surface area contributed by atoms with Gasteiger partial charge in [0.15, 0.2) is 0 Å². The lowest BCUT2D eigenvalue weighted by atomic mass is 9.80. The van der Waals surface area contributed by atoms with Crippen molar-refractivity contribution in [2.45, 2.75) is 53.6 Å². The van der Waals surface area contributed by atoms with Gasteiger partial charge in [-0.05, 0) is 116 Å². The van der Waals surface area contributed by atoms with Crippen LogP contribution in [0.1, 0.15) is 70.5 Å². The molecule has 0 aromatic heterocycles. The molecule has 0 amide bonds. The number of carbonyl (C=O) groups excluding carboxylic acids is 3. The fourth-order valence-electron chi connectivity index (χ4n) is 4.51. The van der Waals surface area contributed by atoms with E-state index in [0.29, 0.717) is 70.3 Å². The van der Waals surface area contributed by atoms with Crippen LogP contribution < -0.4 is 24.4 Å². The van der Waals surface area contributed by atoms with Crippen molar-refractivity contribution < 1.29 is 48.1 Å². The predicted molar refractivity (Wildman–Crippen MR) is 184 cm³/mol. The topological polar surface area (TPSA) is 138 Å². The Balaban J connectivity index is 1.24. The molecule has 4 rings (SSSR count). The highest BCUT2D eigenvalue weighted by atomic mass is 16.5. The van der Waals surface area contributed by atoms with Crippen LogP contribution in [0, 0.1) is 19.8 Å². The van der Waals surface area contributed by atoms with Gasteiger partial charge < -0.3 is 33.7 Å². The Hall–Kier alpha value is -5.13. The molecule has 4 aromatic carbocycles. The molecule has 0 heterocycles. The van der Waals surface area contributed by atoms with Crippen molar-refractivity contribution in [1.82, 2.24) is 0 Å². The molecule has 10 nitrogen and oxygen atoms in total. The third kappa shape index (κ3) is 10.7. The highest BCUT2D eigenvalue weighted by Crippen LogP contribution is 2.30. The lowest BCUT2D eigenvalue weighted by Crippen LogP contribution is -2.29. The first-order chi connectivity index (χ1) is 23.5. The number of unbranched alkanes of at least 4 members (excludes halogenated alkanes) is 1. The summed E-state index contributed by atoms with van der Waals surface area (Å²) in [5.41, 5.74) is 3.21. The van der Waals surface area contributed by atoms with E-state index < -0.39 is 19.1 Å². The molecule has 0 saturated carbocycles. The van der Waals surface area contributed by atoms with E-state index in [2.05, 4.69) is 0 Å². The van der Waals surface area contributed by atoms with Crippen molar-refractivity contribution in [3.63, 3.8) is 0 Å². The minimum Gasteiger partial charge on any atom is -0.494 e. The Labute approximate surface area is 286 Å². The van der Waals surface area contributed by atoms with Gasteiger partial charge in [-0.3, -0.25) is 4.79 Å². The minimum absolute atomic E-state index is 0.0917. The molecule has 1 atom stereocenters. The van der Waals surface area contributed by atoms with Gasteiger partial charge in [-0.2, -0.15) is 0 Å². The van der Waals surface area contributed by atoms with Crippen LogP contribution in [-0.2, 0) is 16.1 Å². The van der Waals surface area contributed by atoms with Gasteiger partial charge in [-0.1, -0.05) is 38.1 Å². The smallest absolute Gasteiger partial charge is 0.488 e. The van der Waals surface area contributed by atoms with Gasteiger partial charge in [0.2, 0.25) is 0 Å². The molecule has 11 heteroatoms. The van der Waals surface area contributed by atoms with Gasteiger partial charge in [0.05, 0.1) is 30.3 Å². The summed E-state index contributed by atoms with van der Waals surface area (Å²) in [7, 11) is -1.54. The molecule has 0 bridgehead atoms. The highest BCUT2D eigenvalue weighted by molar-refractivity contribution is 6.58. The molecule has 49 heavy (non-hydrogen) atoms. The first-order valence-electron chi connectivity index (χ1n) is 16.2. The summed E-state index contributed by atoms with van der Waals surface area (Å²) >= 11 is 0. The van der Waals surface area contributed by atoms with Gasteiger partial charge in [0.25, 0.3) is 0 Å². The quantitative estimate of drug-likeness (QED) is 0.0657. The van der Waals surface area contributed by atoms with E-state index in [1.54, 1.807) is 98.8 Å². The highest BCUT2D eigenvalue weighted by Gasteiger charge is 2.17. The standard InChI is InChI=1S/C38H41BO10/c1-5-25(2)36(40)46-23-7-6-22-45-32-16-12-30(13-17-32)38(42)49-35-21-20-34(26(3)27(35)4)48-37(41)29-10-8-28(9-11-29)24-47-33-18-14-31(15-19-33)39(43)44/h8-21,25,43-44H,5-7,22-24H2,1-4H3. The molecular formula is C38H41BO10. The van der Waals surface area contributed by atoms with Crippen molar-refractivity contribution in [1.29, 1.82) is 0 Å². The summed E-state index contributed by atoms with van der Waals surface area (Å²) in [5, 5.41) is 18.4. The first-order valence-corrected chi connectivity index (χ1v) is 16.2. The van der Waals surface area contributed by atoms with Crippen molar-refractivity contribution in [2.24, 2.45) is 5.92 Å². The van der Waals surface area contributed by atoms with Crippen LogP contribution in [0.25, 0.3) is 0 Å². The second-order valence-electron chi connectivity index (χ2n) is 11.6. The van der Waals surface area contributed by atoms with E-state index in [9.17, 15) is 24.4 Å². The van der Waals surface area contributed by atoms with E-state index in [-0.39, 0.29) is 18.5 Å². The van der Waals surface area contributed by atoms with Crippen molar-refractivity contribution in [2.75, 3.05) is 13.2 Å². The number of hydrogen-bond donors (Lipinski definition) is 2.